The third-order valence-electron chi connectivity index (χ3n) is 7.30. The quantitative estimate of drug-likeness (QED) is 0.516. The average molecular weight is 487 g/mol. The van der Waals surface area contributed by atoms with E-state index in [9.17, 15) is 19.5 Å². The number of carbonyl (C=O) groups excluding carboxylic acids is 3. The number of halogens is 1. The number of aliphatic hydroxyl groups is 1. The molecule has 1 aromatic carbocycles. The van der Waals surface area contributed by atoms with Gasteiger partial charge in [-0.15, -0.1) is 0 Å². The number of ether oxygens (including phenoxy) is 2. The summed E-state index contributed by atoms with van der Waals surface area (Å²) in [5.74, 6) is -3.17. The Balaban J connectivity index is 1.66. The molecule has 1 N–H and O–H groups in total. The molecule has 4 aliphatic heterocycles. The van der Waals surface area contributed by atoms with Crippen molar-refractivity contribution in [3.05, 3.63) is 53.6 Å². The summed E-state index contributed by atoms with van der Waals surface area (Å²) >= 11 is 6.05. The van der Waals surface area contributed by atoms with Gasteiger partial charge in [0.05, 0.1) is 24.7 Å². The summed E-state index contributed by atoms with van der Waals surface area (Å²) in [6.07, 6.45) is 6.33. The number of nitrogens with zero attached hydrogens (tertiary/aromatic N) is 2. The van der Waals surface area contributed by atoms with E-state index in [1.54, 1.807) is 53.5 Å². The molecule has 0 radical (unpaired) electrons. The number of hydrogen-bond donors (Lipinski definition) is 1. The Bertz CT molecular complexity index is 1070. The first-order valence-electron chi connectivity index (χ1n) is 11.5. The van der Waals surface area contributed by atoms with Crippen molar-refractivity contribution >= 4 is 35.1 Å². The number of fused-ring (bicyclic) bond motifs is 2. The number of aliphatic hydroxyl groups excluding tert-OH is 1. The van der Waals surface area contributed by atoms with Crippen LogP contribution < -0.4 is 4.90 Å². The van der Waals surface area contributed by atoms with Crippen molar-refractivity contribution < 1.29 is 29.0 Å². The van der Waals surface area contributed by atoms with Gasteiger partial charge < -0.3 is 24.4 Å². The van der Waals surface area contributed by atoms with Gasteiger partial charge in [-0.2, -0.15) is 0 Å². The predicted octanol–water partition coefficient (Wildman–Crippen LogP) is 1.95. The van der Waals surface area contributed by atoms with Crippen LogP contribution in [0.2, 0.25) is 5.02 Å². The molecule has 4 heterocycles. The molecule has 0 aliphatic carbocycles. The van der Waals surface area contributed by atoms with Crippen molar-refractivity contribution in [1.29, 1.82) is 0 Å². The van der Waals surface area contributed by atoms with Crippen LogP contribution in [0, 0.1) is 17.8 Å². The molecule has 8 nitrogen and oxygen atoms in total. The molecule has 2 unspecified atom stereocenters. The van der Waals surface area contributed by atoms with Crippen LogP contribution in [0.3, 0.4) is 0 Å². The molecule has 1 aromatic rings. The Hall–Kier alpha value is -2.68. The summed E-state index contributed by atoms with van der Waals surface area (Å²) in [5.41, 5.74) is -0.725. The van der Waals surface area contributed by atoms with Gasteiger partial charge in [-0.25, -0.2) is 0 Å². The van der Waals surface area contributed by atoms with Crippen LogP contribution in [0.1, 0.15) is 13.8 Å². The minimum atomic E-state index is -1.35. The molecule has 0 aromatic heterocycles. The largest absolute Gasteiger partial charge is 0.461 e. The van der Waals surface area contributed by atoms with Gasteiger partial charge in [0, 0.05) is 17.3 Å². The number of carbonyl (C=O) groups is 3. The highest BCUT2D eigenvalue weighted by Gasteiger charge is 2.72. The smallest absolute Gasteiger partial charge is 0.313 e. The van der Waals surface area contributed by atoms with Crippen LogP contribution in [0.5, 0.6) is 0 Å². The summed E-state index contributed by atoms with van der Waals surface area (Å²) in [6, 6.07) is 5.22. The van der Waals surface area contributed by atoms with E-state index in [4.69, 9.17) is 21.1 Å². The highest BCUT2D eigenvalue weighted by Crippen LogP contribution is 2.54. The van der Waals surface area contributed by atoms with Gasteiger partial charge in [0.15, 0.2) is 0 Å². The summed E-state index contributed by atoms with van der Waals surface area (Å²) in [5, 5.41) is 10.8. The lowest BCUT2D eigenvalue weighted by Crippen LogP contribution is -2.59. The van der Waals surface area contributed by atoms with Crippen LogP contribution in [0.25, 0.3) is 0 Å². The third kappa shape index (κ3) is 3.31. The van der Waals surface area contributed by atoms with Crippen LogP contribution in [-0.4, -0.2) is 71.3 Å². The molecular formula is C25H27ClN2O6. The second-order valence-electron chi connectivity index (χ2n) is 9.47. The maximum absolute atomic E-state index is 14.2. The maximum Gasteiger partial charge on any atom is 0.313 e. The molecule has 0 saturated carbocycles. The Kier molecular flexibility index (Phi) is 5.78. The van der Waals surface area contributed by atoms with Gasteiger partial charge >= 0.3 is 5.97 Å². The molecule has 2 saturated heterocycles. The number of esters is 1. The normalized spacial score (nSPS) is 33.4. The standard InChI is InChI=1S/C25H27ClN2O6/c1-14(2)17(13-29)28-21-23(31)27(16-8-6-15(26)7-9-16)11-4-10-25(21)20(22(28)30)19-18(34-25)5-3-12-33-24(19)32/h3-10,14,17-21,29H,11-13H2,1-2H3/t17?,18-,19+,20+,21-,25?/m1/s1. The molecule has 6 atom stereocenters. The third-order valence-corrected chi connectivity index (χ3v) is 7.56. The van der Waals surface area contributed by atoms with E-state index < -0.39 is 41.6 Å². The molecule has 0 bridgehead atoms. The highest BCUT2D eigenvalue weighted by atomic mass is 35.5. The van der Waals surface area contributed by atoms with Crippen molar-refractivity contribution in [2.24, 2.45) is 17.8 Å². The van der Waals surface area contributed by atoms with Gasteiger partial charge in [0.1, 0.15) is 24.2 Å². The zero-order valence-electron chi connectivity index (χ0n) is 19.0. The summed E-state index contributed by atoms with van der Waals surface area (Å²) in [4.78, 5) is 44.1. The fourth-order valence-corrected chi connectivity index (χ4v) is 5.86. The van der Waals surface area contributed by atoms with Crippen molar-refractivity contribution in [3.8, 4) is 0 Å². The number of hydrogen-bond acceptors (Lipinski definition) is 6. The number of amides is 2. The van der Waals surface area contributed by atoms with Crippen LogP contribution in [-0.2, 0) is 23.9 Å². The first-order chi connectivity index (χ1) is 16.3. The van der Waals surface area contributed by atoms with E-state index in [2.05, 4.69) is 0 Å². The topological polar surface area (TPSA) is 96.4 Å². The maximum atomic E-state index is 14.2. The second-order valence-corrected chi connectivity index (χ2v) is 9.90. The fourth-order valence-electron chi connectivity index (χ4n) is 5.74. The van der Waals surface area contributed by atoms with Gasteiger partial charge in [-0.1, -0.05) is 43.7 Å². The van der Waals surface area contributed by atoms with Crippen LogP contribution in [0.15, 0.2) is 48.6 Å². The number of rotatable bonds is 4. The van der Waals surface area contributed by atoms with Crippen molar-refractivity contribution in [2.75, 3.05) is 24.7 Å². The lowest BCUT2D eigenvalue weighted by molar-refractivity contribution is -0.154. The van der Waals surface area contributed by atoms with E-state index in [1.165, 1.54) is 4.90 Å². The van der Waals surface area contributed by atoms with E-state index in [0.29, 0.717) is 10.7 Å². The lowest BCUT2D eigenvalue weighted by Gasteiger charge is -2.39. The number of benzene rings is 1. The molecule has 2 amide bonds. The number of cyclic esters (lactones) is 1. The average Bonchev–Trinajstić information content (AvgIpc) is 3.10. The fraction of sp³-hybridized carbons (Fsp3) is 0.480. The van der Waals surface area contributed by atoms with Gasteiger partial charge in [-0.05, 0) is 36.3 Å². The molecule has 1 spiro atoms. The predicted molar refractivity (Wildman–Crippen MR) is 124 cm³/mol. The van der Waals surface area contributed by atoms with E-state index in [1.807, 2.05) is 13.8 Å². The Morgan fingerprint density at radius 1 is 1.15 bits per heavy atom. The second kappa shape index (κ2) is 8.52. The minimum Gasteiger partial charge on any atom is -0.461 e. The number of anilines is 1. The van der Waals surface area contributed by atoms with Crippen LogP contribution in [0.4, 0.5) is 5.69 Å². The Morgan fingerprint density at radius 3 is 2.56 bits per heavy atom. The molecule has 2 fully saturated rings. The van der Waals surface area contributed by atoms with Crippen LogP contribution >= 0.6 is 11.6 Å². The Labute approximate surface area is 202 Å². The Morgan fingerprint density at radius 2 is 1.88 bits per heavy atom. The summed E-state index contributed by atoms with van der Waals surface area (Å²) in [6.45, 7) is 3.82. The zero-order chi connectivity index (χ0) is 24.2. The molecule has 9 heteroatoms. The summed E-state index contributed by atoms with van der Waals surface area (Å²) < 4.78 is 11.8. The number of likely N-dealkylation sites (tertiary alicyclic amines) is 1. The van der Waals surface area contributed by atoms with Crippen molar-refractivity contribution in [3.63, 3.8) is 0 Å². The minimum absolute atomic E-state index is 0.112. The van der Waals surface area contributed by atoms with Gasteiger partial charge in [0.25, 0.3) is 5.91 Å². The SMILES string of the molecule is CC(C)C(CO)N1C(=O)[C@@H]2[C@H]3C(=O)OCC=C[C@H]3OC23C=CCN(c2ccc(Cl)cc2)C(=O)[C@@H]13. The molecule has 34 heavy (non-hydrogen) atoms. The van der Waals surface area contributed by atoms with Gasteiger partial charge in [-0.3, -0.25) is 14.4 Å². The molecule has 180 valence electrons. The molecule has 5 rings (SSSR count). The van der Waals surface area contributed by atoms with Gasteiger partial charge in [0.2, 0.25) is 5.91 Å². The first kappa shape index (κ1) is 23.1. The first-order valence-corrected chi connectivity index (χ1v) is 11.9. The summed E-state index contributed by atoms with van der Waals surface area (Å²) in [7, 11) is 0. The highest BCUT2D eigenvalue weighted by molar-refractivity contribution is 6.30. The van der Waals surface area contributed by atoms with Crippen molar-refractivity contribution in [2.45, 2.75) is 37.6 Å². The lowest BCUT2D eigenvalue weighted by atomic mass is 9.78. The molecule has 4 aliphatic rings. The zero-order valence-corrected chi connectivity index (χ0v) is 19.7. The van der Waals surface area contributed by atoms with E-state index in [0.717, 1.165) is 0 Å². The molecular weight excluding hydrogens is 460 g/mol. The van der Waals surface area contributed by atoms with Crippen molar-refractivity contribution in [1.82, 2.24) is 4.90 Å². The van der Waals surface area contributed by atoms with E-state index in [-0.39, 0.29) is 37.5 Å². The monoisotopic (exact) mass is 486 g/mol. The van der Waals surface area contributed by atoms with E-state index >= 15 is 0 Å².